The summed E-state index contributed by atoms with van der Waals surface area (Å²) in [6.07, 6.45) is 3.12. The van der Waals surface area contributed by atoms with Crippen molar-refractivity contribution in [2.45, 2.75) is 39.7 Å². The Hall–Kier alpha value is -1.78. The van der Waals surface area contributed by atoms with Crippen molar-refractivity contribution in [3.8, 4) is 5.75 Å². The van der Waals surface area contributed by atoms with E-state index in [1.165, 1.54) is 0 Å². The molecule has 6 heteroatoms. The molecule has 1 aromatic carbocycles. The van der Waals surface area contributed by atoms with Crippen LogP contribution in [-0.4, -0.2) is 17.7 Å². The van der Waals surface area contributed by atoms with Crippen LogP contribution in [0.1, 0.15) is 33.6 Å². The number of rotatable bonds is 5. The number of nitrogens with zero attached hydrogens (tertiary/aromatic N) is 1. The van der Waals surface area contributed by atoms with Gasteiger partial charge in [-0.3, -0.25) is 4.79 Å². The van der Waals surface area contributed by atoms with E-state index >= 15 is 0 Å². The molecule has 0 aliphatic heterocycles. The largest absolute Gasteiger partial charge is 0.479 e. The fourth-order valence-electron chi connectivity index (χ4n) is 2.45. The van der Waals surface area contributed by atoms with Gasteiger partial charge < -0.3 is 4.74 Å². The first-order valence-electron chi connectivity index (χ1n) is 8.08. The lowest BCUT2D eigenvalue weighted by Gasteiger charge is -2.22. The van der Waals surface area contributed by atoms with Gasteiger partial charge in [-0.2, -0.15) is 5.10 Å². The predicted octanol–water partition coefficient (Wildman–Crippen LogP) is 5.17. The maximum Gasteiger partial charge on any atom is 0.280 e. The van der Waals surface area contributed by atoms with E-state index in [2.05, 4.69) is 23.2 Å². The molecule has 134 valence electrons. The van der Waals surface area contributed by atoms with E-state index in [9.17, 15) is 4.79 Å². The highest BCUT2D eigenvalue weighted by Crippen LogP contribution is 2.28. The predicted molar refractivity (Wildman–Crippen MR) is 103 cm³/mol. The van der Waals surface area contributed by atoms with Gasteiger partial charge >= 0.3 is 0 Å². The fourth-order valence-corrected chi connectivity index (χ4v) is 2.91. The van der Waals surface area contributed by atoms with Gasteiger partial charge in [-0.15, -0.1) is 0 Å². The lowest BCUT2D eigenvalue weighted by Crippen LogP contribution is -2.34. The van der Waals surface area contributed by atoms with Crippen molar-refractivity contribution in [1.82, 2.24) is 5.43 Å². The minimum absolute atomic E-state index is 0.344. The number of ether oxygens (including phenoxy) is 1. The van der Waals surface area contributed by atoms with Crippen molar-refractivity contribution in [2.75, 3.05) is 0 Å². The molecule has 1 aromatic rings. The second-order valence-electron chi connectivity index (χ2n) is 6.24. The number of halogens is 2. The zero-order valence-electron chi connectivity index (χ0n) is 14.6. The average molecular weight is 381 g/mol. The van der Waals surface area contributed by atoms with Gasteiger partial charge in [-0.1, -0.05) is 41.4 Å². The van der Waals surface area contributed by atoms with Gasteiger partial charge in [-0.25, -0.2) is 5.43 Å². The van der Waals surface area contributed by atoms with E-state index in [0.29, 0.717) is 21.7 Å². The summed E-state index contributed by atoms with van der Waals surface area (Å²) >= 11 is 11.9. The number of benzene rings is 1. The Bertz CT molecular complexity index is 741. The van der Waals surface area contributed by atoms with E-state index in [-0.39, 0.29) is 5.91 Å². The van der Waals surface area contributed by atoms with Crippen LogP contribution in [0.25, 0.3) is 0 Å². The summed E-state index contributed by atoms with van der Waals surface area (Å²) in [6.45, 7) is 9.66. The quantitative estimate of drug-likeness (QED) is 0.565. The third-order valence-electron chi connectivity index (χ3n) is 4.17. The van der Waals surface area contributed by atoms with Gasteiger partial charge in [0.15, 0.2) is 6.10 Å². The van der Waals surface area contributed by atoms with E-state index in [4.69, 9.17) is 27.9 Å². The first-order chi connectivity index (χ1) is 11.8. The second-order valence-corrected chi connectivity index (χ2v) is 7.08. The zero-order valence-corrected chi connectivity index (χ0v) is 16.1. The lowest BCUT2D eigenvalue weighted by atomic mass is 9.85. The van der Waals surface area contributed by atoms with E-state index in [1.807, 2.05) is 13.8 Å². The smallest absolute Gasteiger partial charge is 0.280 e. The van der Waals surface area contributed by atoms with Crippen LogP contribution in [0, 0.1) is 5.92 Å². The molecule has 2 rings (SSSR count). The Morgan fingerprint density at radius 1 is 1.44 bits per heavy atom. The van der Waals surface area contributed by atoms with Gasteiger partial charge in [0.05, 0.1) is 10.7 Å². The highest BCUT2D eigenvalue weighted by atomic mass is 35.5. The van der Waals surface area contributed by atoms with Crippen molar-refractivity contribution >= 4 is 34.8 Å². The summed E-state index contributed by atoms with van der Waals surface area (Å²) in [4.78, 5) is 12.2. The maximum absolute atomic E-state index is 12.2. The van der Waals surface area contributed by atoms with Crippen LogP contribution in [0.4, 0.5) is 0 Å². The first-order valence-corrected chi connectivity index (χ1v) is 8.84. The maximum atomic E-state index is 12.2. The van der Waals surface area contributed by atoms with Crippen LogP contribution in [0.15, 0.2) is 47.1 Å². The zero-order chi connectivity index (χ0) is 18.6. The number of carbonyl (C=O) groups excluding carboxylic acids is 1. The number of hydrazone groups is 1. The number of hydrogen-bond acceptors (Lipinski definition) is 3. The second kappa shape index (κ2) is 8.54. The van der Waals surface area contributed by atoms with Gasteiger partial charge in [0, 0.05) is 5.02 Å². The molecular formula is C19H22Cl2N2O2. The summed E-state index contributed by atoms with van der Waals surface area (Å²) in [7, 11) is 0. The standard InChI is InChI=1S/C19H22Cl2N2O2/c1-11(2)14-6-5-12(3)17(9-14)22-23-19(24)13(4)25-18-8-7-15(20)10-16(18)21/h5,7-8,10,13-14H,1,6,9H2,2-4H3,(H,23,24)/b22-17-/t13-,14+/m1/s1. The van der Waals surface area contributed by atoms with Crippen LogP contribution in [0.3, 0.4) is 0 Å². The van der Waals surface area contributed by atoms with Crippen LogP contribution in [0.2, 0.25) is 10.0 Å². The molecule has 0 fully saturated rings. The molecule has 0 spiro atoms. The van der Waals surface area contributed by atoms with Crippen LogP contribution >= 0.6 is 23.2 Å². The monoisotopic (exact) mass is 380 g/mol. The van der Waals surface area contributed by atoms with Crippen molar-refractivity contribution in [3.63, 3.8) is 0 Å². The third kappa shape index (κ3) is 5.35. The average Bonchev–Trinajstić information content (AvgIpc) is 2.56. The first kappa shape index (κ1) is 19.5. The van der Waals surface area contributed by atoms with Gasteiger partial charge in [-0.05, 0) is 63.3 Å². The number of hydrogen-bond donors (Lipinski definition) is 1. The van der Waals surface area contributed by atoms with Crippen molar-refractivity contribution in [3.05, 3.63) is 52.0 Å². The Kier molecular flexibility index (Phi) is 6.68. The van der Waals surface area contributed by atoms with E-state index in [1.54, 1.807) is 25.1 Å². The molecule has 25 heavy (non-hydrogen) atoms. The third-order valence-corrected chi connectivity index (χ3v) is 4.70. The minimum atomic E-state index is -0.743. The SMILES string of the molecule is C=C(C)[C@H]1CC=C(C)/C(=N\NC(=O)[C@@H](C)Oc2ccc(Cl)cc2Cl)C1. The van der Waals surface area contributed by atoms with Crippen molar-refractivity contribution in [1.29, 1.82) is 0 Å². The molecule has 0 radical (unpaired) electrons. The highest BCUT2D eigenvalue weighted by molar-refractivity contribution is 6.35. The molecule has 0 heterocycles. The number of allylic oxidation sites excluding steroid dienone is 3. The minimum Gasteiger partial charge on any atom is -0.479 e. The topological polar surface area (TPSA) is 50.7 Å². The summed E-state index contributed by atoms with van der Waals surface area (Å²) in [6, 6.07) is 4.85. The molecule has 4 nitrogen and oxygen atoms in total. The summed E-state index contributed by atoms with van der Waals surface area (Å²) in [5.41, 5.74) is 5.64. The molecule has 0 unspecified atom stereocenters. The number of nitrogens with one attached hydrogen (secondary N) is 1. The molecule has 2 atom stereocenters. The van der Waals surface area contributed by atoms with Gasteiger partial charge in [0.25, 0.3) is 5.91 Å². The Morgan fingerprint density at radius 3 is 2.80 bits per heavy atom. The van der Waals surface area contributed by atoms with E-state index in [0.717, 1.165) is 29.7 Å². The Morgan fingerprint density at radius 2 is 2.16 bits per heavy atom. The molecule has 1 aliphatic rings. The molecule has 0 aromatic heterocycles. The van der Waals surface area contributed by atoms with Crippen molar-refractivity contribution in [2.24, 2.45) is 11.0 Å². The van der Waals surface area contributed by atoms with Crippen LogP contribution < -0.4 is 10.2 Å². The molecule has 0 bridgehead atoms. The summed E-state index contributed by atoms with van der Waals surface area (Å²) in [5, 5.41) is 5.13. The fraction of sp³-hybridized carbons (Fsp3) is 0.368. The molecule has 0 saturated heterocycles. The highest BCUT2D eigenvalue weighted by Gasteiger charge is 2.20. The van der Waals surface area contributed by atoms with Crippen LogP contribution in [-0.2, 0) is 4.79 Å². The number of carbonyl (C=O) groups is 1. The molecule has 0 saturated carbocycles. The molecule has 1 aliphatic carbocycles. The van der Waals surface area contributed by atoms with E-state index < -0.39 is 6.10 Å². The molecule has 1 amide bonds. The number of amides is 1. The summed E-state index contributed by atoms with van der Waals surface area (Å²) < 4.78 is 5.59. The van der Waals surface area contributed by atoms with Crippen LogP contribution in [0.5, 0.6) is 5.75 Å². The normalized spacial score (nSPS) is 20.0. The van der Waals surface area contributed by atoms with Crippen molar-refractivity contribution < 1.29 is 9.53 Å². The lowest BCUT2D eigenvalue weighted by molar-refractivity contribution is -0.127. The molecular weight excluding hydrogens is 359 g/mol. The van der Waals surface area contributed by atoms with Gasteiger partial charge in [0.1, 0.15) is 5.75 Å². The Labute approximate surface area is 158 Å². The Balaban J connectivity index is 1.99. The van der Waals surface area contributed by atoms with Gasteiger partial charge in [0.2, 0.25) is 0 Å². The molecule has 1 N–H and O–H groups in total. The summed E-state index contributed by atoms with van der Waals surface area (Å²) in [5.74, 6) is 0.419.